The molecule has 1 aliphatic heterocycles. The second kappa shape index (κ2) is 3.10. The first-order chi connectivity index (χ1) is 5.08. The lowest BCUT2D eigenvalue weighted by atomic mass is 9.71. The molecule has 1 fully saturated rings. The van der Waals surface area contributed by atoms with Crippen LogP contribution in [0.3, 0.4) is 0 Å². The molecule has 1 N–H and O–H groups in total. The molecule has 11 heavy (non-hydrogen) atoms. The number of piperidine rings is 1. The second-order valence-electron chi connectivity index (χ2n) is 4.24. The Morgan fingerprint density at radius 3 is 2.64 bits per heavy atom. The van der Waals surface area contributed by atoms with Gasteiger partial charge in [0.15, 0.2) is 0 Å². The largest absolute Gasteiger partial charge is 0.311 e. The molecular formula is C9H18FN. The number of rotatable bonds is 1. The van der Waals surface area contributed by atoms with Gasteiger partial charge in [-0.25, -0.2) is 4.39 Å². The lowest BCUT2D eigenvalue weighted by Gasteiger charge is -2.41. The molecule has 1 aliphatic rings. The van der Waals surface area contributed by atoms with E-state index in [1.54, 1.807) is 0 Å². The molecule has 1 heterocycles. The van der Waals surface area contributed by atoms with E-state index in [0.717, 1.165) is 13.0 Å². The van der Waals surface area contributed by atoms with Gasteiger partial charge in [0, 0.05) is 6.04 Å². The SMILES string of the molecule is CC1C(CF)NCCC1(C)C. The van der Waals surface area contributed by atoms with Crippen LogP contribution in [0.25, 0.3) is 0 Å². The Kier molecular flexibility index (Phi) is 2.53. The minimum Gasteiger partial charge on any atom is -0.311 e. The molecule has 1 saturated heterocycles. The van der Waals surface area contributed by atoms with Gasteiger partial charge in [0.05, 0.1) is 0 Å². The van der Waals surface area contributed by atoms with Gasteiger partial charge in [0.25, 0.3) is 0 Å². The number of nitrogens with one attached hydrogen (secondary N) is 1. The maximum absolute atomic E-state index is 12.4. The molecule has 1 rings (SSSR count). The maximum Gasteiger partial charge on any atom is 0.105 e. The fourth-order valence-electron chi connectivity index (χ4n) is 1.72. The average molecular weight is 159 g/mol. The maximum atomic E-state index is 12.4. The molecule has 0 aromatic carbocycles. The van der Waals surface area contributed by atoms with Gasteiger partial charge in [-0.2, -0.15) is 0 Å². The Bertz CT molecular complexity index is 134. The highest BCUT2D eigenvalue weighted by molar-refractivity contribution is 4.89. The minimum atomic E-state index is -0.232. The summed E-state index contributed by atoms with van der Waals surface area (Å²) in [4.78, 5) is 0. The van der Waals surface area contributed by atoms with Crippen molar-refractivity contribution in [1.82, 2.24) is 5.32 Å². The Balaban J connectivity index is 2.60. The lowest BCUT2D eigenvalue weighted by molar-refractivity contribution is 0.104. The molecule has 0 bridgehead atoms. The second-order valence-corrected chi connectivity index (χ2v) is 4.24. The van der Waals surface area contributed by atoms with Crippen LogP contribution in [0.15, 0.2) is 0 Å². The van der Waals surface area contributed by atoms with Crippen molar-refractivity contribution in [3.8, 4) is 0 Å². The number of hydrogen-bond acceptors (Lipinski definition) is 1. The summed E-state index contributed by atoms with van der Waals surface area (Å²) in [7, 11) is 0. The van der Waals surface area contributed by atoms with Gasteiger partial charge in [0.1, 0.15) is 6.67 Å². The number of alkyl halides is 1. The van der Waals surface area contributed by atoms with Gasteiger partial charge in [0.2, 0.25) is 0 Å². The highest BCUT2D eigenvalue weighted by Crippen LogP contribution is 2.35. The molecular weight excluding hydrogens is 141 g/mol. The van der Waals surface area contributed by atoms with Crippen molar-refractivity contribution < 1.29 is 4.39 Å². The summed E-state index contributed by atoms with van der Waals surface area (Å²) in [5, 5.41) is 3.20. The van der Waals surface area contributed by atoms with E-state index >= 15 is 0 Å². The molecule has 2 heteroatoms. The van der Waals surface area contributed by atoms with E-state index in [1.807, 2.05) is 0 Å². The van der Waals surface area contributed by atoms with Crippen molar-refractivity contribution in [2.45, 2.75) is 33.2 Å². The summed E-state index contributed by atoms with van der Waals surface area (Å²) in [5.41, 5.74) is 0.308. The highest BCUT2D eigenvalue weighted by Gasteiger charge is 2.35. The van der Waals surface area contributed by atoms with Crippen LogP contribution in [0.4, 0.5) is 4.39 Å². The van der Waals surface area contributed by atoms with Crippen molar-refractivity contribution in [1.29, 1.82) is 0 Å². The molecule has 1 nitrogen and oxygen atoms in total. The molecule has 0 saturated carbocycles. The summed E-state index contributed by atoms with van der Waals surface area (Å²) in [5.74, 6) is 0.446. The van der Waals surface area contributed by atoms with Crippen molar-refractivity contribution in [2.75, 3.05) is 13.2 Å². The van der Waals surface area contributed by atoms with Gasteiger partial charge < -0.3 is 5.32 Å². The van der Waals surface area contributed by atoms with Crippen molar-refractivity contribution >= 4 is 0 Å². The summed E-state index contributed by atoms with van der Waals surface area (Å²) in [6.07, 6.45) is 1.16. The van der Waals surface area contributed by atoms with Crippen molar-refractivity contribution in [3.05, 3.63) is 0 Å². The topological polar surface area (TPSA) is 12.0 Å². The van der Waals surface area contributed by atoms with Gasteiger partial charge in [-0.15, -0.1) is 0 Å². The van der Waals surface area contributed by atoms with E-state index in [2.05, 4.69) is 26.1 Å². The third-order valence-electron chi connectivity index (χ3n) is 3.18. The third-order valence-corrected chi connectivity index (χ3v) is 3.18. The van der Waals surface area contributed by atoms with Gasteiger partial charge in [-0.1, -0.05) is 20.8 Å². The van der Waals surface area contributed by atoms with E-state index in [0.29, 0.717) is 11.3 Å². The first-order valence-electron chi connectivity index (χ1n) is 4.37. The van der Waals surface area contributed by atoms with Crippen LogP contribution < -0.4 is 5.32 Å². The van der Waals surface area contributed by atoms with Gasteiger partial charge in [-0.3, -0.25) is 0 Å². The normalized spacial score (nSPS) is 37.1. The number of halogens is 1. The first kappa shape index (κ1) is 8.98. The minimum absolute atomic E-state index is 0.0822. The fraction of sp³-hybridized carbons (Fsp3) is 1.00. The van der Waals surface area contributed by atoms with Gasteiger partial charge >= 0.3 is 0 Å². The quantitative estimate of drug-likeness (QED) is 0.617. The lowest BCUT2D eigenvalue weighted by Crippen LogP contribution is -2.49. The van der Waals surface area contributed by atoms with Crippen molar-refractivity contribution in [2.24, 2.45) is 11.3 Å². The fourth-order valence-corrected chi connectivity index (χ4v) is 1.72. The summed E-state index contributed by atoms with van der Waals surface area (Å²) in [6, 6.07) is 0.0822. The van der Waals surface area contributed by atoms with Crippen LogP contribution in [0.2, 0.25) is 0 Å². The van der Waals surface area contributed by atoms with E-state index in [4.69, 9.17) is 0 Å². The van der Waals surface area contributed by atoms with Crippen LogP contribution in [0, 0.1) is 11.3 Å². The molecule has 66 valence electrons. The van der Waals surface area contributed by atoms with Gasteiger partial charge in [-0.05, 0) is 24.3 Å². The zero-order valence-electron chi connectivity index (χ0n) is 7.65. The van der Waals surface area contributed by atoms with Crippen LogP contribution in [-0.2, 0) is 0 Å². The Hall–Kier alpha value is -0.110. The Morgan fingerprint density at radius 1 is 1.55 bits per heavy atom. The third kappa shape index (κ3) is 1.73. The summed E-state index contributed by atoms with van der Waals surface area (Å²) in [6.45, 7) is 7.31. The van der Waals surface area contributed by atoms with E-state index < -0.39 is 0 Å². The standard InChI is InChI=1S/C9H18FN/c1-7-8(6-10)11-5-4-9(7,2)3/h7-8,11H,4-6H2,1-3H3. The summed E-state index contributed by atoms with van der Waals surface area (Å²) < 4.78 is 12.4. The molecule has 0 aromatic heterocycles. The van der Waals surface area contributed by atoms with E-state index in [9.17, 15) is 4.39 Å². The zero-order chi connectivity index (χ0) is 8.48. The van der Waals surface area contributed by atoms with E-state index in [-0.39, 0.29) is 12.7 Å². The average Bonchev–Trinajstić information content (AvgIpc) is 1.95. The molecule has 2 unspecified atom stereocenters. The Labute approximate surface area is 68.4 Å². The first-order valence-corrected chi connectivity index (χ1v) is 4.37. The van der Waals surface area contributed by atoms with Crippen molar-refractivity contribution in [3.63, 3.8) is 0 Å². The zero-order valence-corrected chi connectivity index (χ0v) is 7.65. The Morgan fingerprint density at radius 2 is 2.18 bits per heavy atom. The molecule has 0 aliphatic carbocycles. The predicted octanol–water partition coefficient (Wildman–Crippen LogP) is 1.98. The highest BCUT2D eigenvalue weighted by atomic mass is 19.1. The van der Waals surface area contributed by atoms with E-state index in [1.165, 1.54) is 0 Å². The molecule has 0 amide bonds. The molecule has 0 radical (unpaired) electrons. The van der Waals surface area contributed by atoms with Crippen LogP contribution >= 0.6 is 0 Å². The summed E-state index contributed by atoms with van der Waals surface area (Å²) >= 11 is 0. The molecule has 0 spiro atoms. The van der Waals surface area contributed by atoms with Crippen LogP contribution in [0.1, 0.15) is 27.2 Å². The number of hydrogen-bond donors (Lipinski definition) is 1. The smallest absolute Gasteiger partial charge is 0.105 e. The predicted molar refractivity (Wildman–Crippen MR) is 45.3 cm³/mol. The monoisotopic (exact) mass is 159 g/mol. The molecule has 0 aromatic rings. The van der Waals surface area contributed by atoms with Crippen LogP contribution in [-0.4, -0.2) is 19.3 Å². The van der Waals surface area contributed by atoms with Crippen LogP contribution in [0.5, 0.6) is 0 Å². The molecule has 2 atom stereocenters.